The van der Waals surface area contributed by atoms with E-state index in [2.05, 4.69) is 17.3 Å². The summed E-state index contributed by atoms with van der Waals surface area (Å²) >= 11 is 0. The SMILES string of the molecule is CC(CNC(=O)N(C)C1CCN(C)CC1)C(=O)O. The number of hydrogen-bond donors (Lipinski definition) is 2. The van der Waals surface area contributed by atoms with Crippen LogP contribution in [0.1, 0.15) is 19.8 Å². The Labute approximate surface area is 108 Å². The highest BCUT2D eigenvalue weighted by atomic mass is 16.4. The summed E-state index contributed by atoms with van der Waals surface area (Å²) in [5.74, 6) is -1.45. The fourth-order valence-corrected chi connectivity index (χ4v) is 2.00. The van der Waals surface area contributed by atoms with Gasteiger partial charge in [0.1, 0.15) is 0 Å². The lowest BCUT2D eigenvalue weighted by atomic mass is 10.0. The van der Waals surface area contributed by atoms with Gasteiger partial charge in [0.15, 0.2) is 0 Å². The highest BCUT2D eigenvalue weighted by Crippen LogP contribution is 2.14. The smallest absolute Gasteiger partial charge is 0.317 e. The second kappa shape index (κ2) is 6.58. The monoisotopic (exact) mass is 257 g/mol. The Morgan fingerprint density at radius 2 is 2.00 bits per heavy atom. The van der Waals surface area contributed by atoms with Crippen molar-refractivity contribution >= 4 is 12.0 Å². The Bertz CT molecular complexity index is 301. The molecule has 6 heteroatoms. The first-order chi connectivity index (χ1) is 8.41. The van der Waals surface area contributed by atoms with Gasteiger partial charge in [-0.15, -0.1) is 0 Å². The lowest BCUT2D eigenvalue weighted by Gasteiger charge is -2.35. The molecule has 0 saturated carbocycles. The molecule has 6 nitrogen and oxygen atoms in total. The molecule has 2 N–H and O–H groups in total. The average molecular weight is 257 g/mol. The van der Waals surface area contributed by atoms with E-state index >= 15 is 0 Å². The zero-order chi connectivity index (χ0) is 13.7. The second-order valence-corrected chi connectivity index (χ2v) is 5.07. The molecule has 104 valence electrons. The number of aliphatic carboxylic acids is 1. The van der Waals surface area contributed by atoms with Crippen molar-refractivity contribution in [3.05, 3.63) is 0 Å². The van der Waals surface area contributed by atoms with Gasteiger partial charge in [0, 0.05) is 19.6 Å². The zero-order valence-corrected chi connectivity index (χ0v) is 11.3. The molecule has 1 rings (SSSR count). The Morgan fingerprint density at radius 1 is 1.44 bits per heavy atom. The van der Waals surface area contributed by atoms with E-state index in [1.165, 1.54) is 0 Å². The maximum absolute atomic E-state index is 11.9. The summed E-state index contributed by atoms with van der Waals surface area (Å²) in [5.41, 5.74) is 0. The minimum atomic E-state index is -0.891. The van der Waals surface area contributed by atoms with Gasteiger partial charge in [-0.25, -0.2) is 4.79 Å². The van der Waals surface area contributed by atoms with Crippen molar-refractivity contribution in [2.75, 3.05) is 33.7 Å². The number of likely N-dealkylation sites (tertiary alicyclic amines) is 1. The number of nitrogens with one attached hydrogen (secondary N) is 1. The largest absolute Gasteiger partial charge is 0.481 e. The summed E-state index contributed by atoms with van der Waals surface area (Å²) in [6.45, 7) is 3.74. The van der Waals surface area contributed by atoms with Crippen LogP contribution >= 0.6 is 0 Å². The molecule has 0 radical (unpaired) electrons. The van der Waals surface area contributed by atoms with Crippen molar-refractivity contribution in [2.24, 2.45) is 5.92 Å². The third kappa shape index (κ3) is 4.18. The lowest BCUT2D eigenvalue weighted by molar-refractivity contribution is -0.140. The molecule has 0 bridgehead atoms. The van der Waals surface area contributed by atoms with Crippen molar-refractivity contribution in [1.82, 2.24) is 15.1 Å². The van der Waals surface area contributed by atoms with Crippen LogP contribution in [0, 0.1) is 5.92 Å². The molecule has 0 aromatic rings. The molecule has 1 atom stereocenters. The third-order valence-corrected chi connectivity index (χ3v) is 3.54. The molecule has 1 aliphatic rings. The highest BCUT2D eigenvalue weighted by Gasteiger charge is 2.24. The Kier molecular flexibility index (Phi) is 5.40. The summed E-state index contributed by atoms with van der Waals surface area (Å²) < 4.78 is 0. The molecule has 1 unspecified atom stereocenters. The topological polar surface area (TPSA) is 72.9 Å². The summed E-state index contributed by atoms with van der Waals surface area (Å²) in [6, 6.07) is 0.0685. The second-order valence-electron chi connectivity index (χ2n) is 5.07. The Morgan fingerprint density at radius 3 is 2.50 bits per heavy atom. The van der Waals surface area contributed by atoms with Crippen LogP contribution in [0.3, 0.4) is 0 Å². The van der Waals surface area contributed by atoms with E-state index in [-0.39, 0.29) is 18.6 Å². The van der Waals surface area contributed by atoms with Gasteiger partial charge in [0.05, 0.1) is 5.92 Å². The van der Waals surface area contributed by atoms with Gasteiger partial charge in [-0.05, 0) is 33.0 Å². The minimum Gasteiger partial charge on any atom is -0.481 e. The van der Waals surface area contributed by atoms with Gasteiger partial charge in [-0.1, -0.05) is 6.92 Å². The molecule has 18 heavy (non-hydrogen) atoms. The number of piperidine rings is 1. The van der Waals surface area contributed by atoms with Crippen LogP contribution in [0.5, 0.6) is 0 Å². The molecule has 2 amide bonds. The van der Waals surface area contributed by atoms with Crippen molar-refractivity contribution < 1.29 is 14.7 Å². The number of carboxylic acid groups (broad SMARTS) is 1. The van der Waals surface area contributed by atoms with Gasteiger partial charge >= 0.3 is 12.0 Å². The first kappa shape index (κ1) is 14.8. The fourth-order valence-electron chi connectivity index (χ4n) is 2.00. The van der Waals surface area contributed by atoms with Crippen molar-refractivity contribution in [2.45, 2.75) is 25.8 Å². The van der Waals surface area contributed by atoms with Gasteiger partial charge in [0.2, 0.25) is 0 Å². The van der Waals surface area contributed by atoms with Crippen LogP contribution in [-0.4, -0.2) is 66.7 Å². The molecule has 0 aliphatic carbocycles. The molecule has 1 fully saturated rings. The van der Waals surface area contributed by atoms with Crippen LogP contribution < -0.4 is 5.32 Å². The van der Waals surface area contributed by atoms with Crippen molar-refractivity contribution in [1.29, 1.82) is 0 Å². The number of urea groups is 1. The average Bonchev–Trinajstić information content (AvgIpc) is 2.35. The zero-order valence-electron chi connectivity index (χ0n) is 11.3. The van der Waals surface area contributed by atoms with Crippen LogP contribution in [-0.2, 0) is 4.79 Å². The van der Waals surface area contributed by atoms with E-state index < -0.39 is 11.9 Å². The van der Waals surface area contributed by atoms with Crippen LogP contribution in [0.15, 0.2) is 0 Å². The van der Waals surface area contributed by atoms with E-state index in [9.17, 15) is 9.59 Å². The first-order valence-corrected chi connectivity index (χ1v) is 6.33. The molecule has 1 heterocycles. The Hall–Kier alpha value is -1.30. The van der Waals surface area contributed by atoms with E-state index in [4.69, 9.17) is 5.11 Å². The lowest BCUT2D eigenvalue weighted by Crippen LogP contribution is -2.49. The van der Waals surface area contributed by atoms with Gasteiger partial charge in [-0.3, -0.25) is 4.79 Å². The molecule has 0 aromatic carbocycles. The number of amides is 2. The van der Waals surface area contributed by atoms with Crippen LogP contribution in [0.25, 0.3) is 0 Å². The summed E-state index contributed by atoms with van der Waals surface area (Å²) in [7, 11) is 3.85. The summed E-state index contributed by atoms with van der Waals surface area (Å²) in [6.07, 6.45) is 1.93. The van der Waals surface area contributed by atoms with E-state index in [0.717, 1.165) is 25.9 Å². The molecule has 0 spiro atoms. The van der Waals surface area contributed by atoms with Crippen molar-refractivity contribution in [3.63, 3.8) is 0 Å². The minimum absolute atomic E-state index is 0.172. The van der Waals surface area contributed by atoms with Crippen molar-refractivity contribution in [3.8, 4) is 0 Å². The van der Waals surface area contributed by atoms with Crippen LogP contribution in [0.2, 0.25) is 0 Å². The quantitative estimate of drug-likeness (QED) is 0.766. The molecular weight excluding hydrogens is 234 g/mol. The van der Waals surface area contributed by atoms with Gasteiger partial charge in [0.25, 0.3) is 0 Å². The van der Waals surface area contributed by atoms with E-state index in [1.54, 1.807) is 18.9 Å². The molecule has 1 saturated heterocycles. The maximum atomic E-state index is 11.9. The van der Waals surface area contributed by atoms with Gasteiger partial charge < -0.3 is 20.2 Å². The fraction of sp³-hybridized carbons (Fsp3) is 0.833. The molecular formula is C12H23N3O3. The van der Waals surface area contributed by atoms with Gasteiger partial charge in [-0.2, -0.15) is 0 Å². The number of carboxylic acids is 1. The van der Waals surface area contributed by atoms with E-state index in [0.29, 0.717) is 0 Å². The Balaban J connectivity index is 2.35. The number of carbonyl (C=O) groups excluding carboxylic acids is 1. The number of rotatable bonds is 4. The first-order valence-electron chi connectivity index (χ1n) is 6.33. The summed E-state index contributed by atoms with van der Waals surface area (Å²) in [4.78, 5) is 26.4. The highest BCUT2D eigenvalue weighted by molar-refractivity contribution is 5.76. The number of carbonyl (C=O) groups is 2. The standard InChI is InChI=1S/C12H23N3O3/c1-9(11(16)17)8-13-12(18)15(3)10-4-6-14(2)7-5-10/h9-10H,4-8H2,1-3H3,(H,13,18)(H,16,17). The predicted octanol–water partition coefficient (Wildman–Crippen LogP) is 0.443. The van der Waals surface area contributed by atoms with E-state index in [1.807, 2.05) is 0 Å². The number of hydrogen-bond acceptors (Lipinski definition) is 3. The molecule has 1 aliphatic heterocycles. The predicted molar refractivity (Wildman–Crippen MR) is 68.5 cm³/mol. The van der Waals surface area contributed by atoms with Crippen LogP contribution in [0.4, 0.5) is 4.79 Å². The maximum Gasteiger partial charge on any atom is 0.317 e. The molecule has 0 aromatic heterocycles. The number of nitrogens with zero attached hydrogens (tertiary/aromatic N) is 2. The summed E-state index contributed by atoms with van der Waals surface area (Å²) in [5, 5.41) is 11.4. The normalized spacial score (nSPS) is 19.3. The third-order valence-electron chi connectivity index (χ3n) is 3.54.